The lowest BCUT2D eigenvalue weighted by Crippen LogP contribution is -2.07. The lowest BCUT2D eigenvalue weighted by Gasteiger charge is -2.09. The Labute approximate surface area is 166 Å². The zero-order valence-corrected chi connectivity index (χ0v) is 15.9. The summed E-state index contributed by atoms with van der Waals surface area (Å²) in [6, 6.07) is 11.5. The Morgan fingerprint density at radius 3 is 2.34 bits per heavy atom. The van der Waals surface area contributed by atoms with Crippen molar-refractivity contribution in [2.75, 3.05) is 7.11 Å². The standard InChI is InChI=1S/C21H17NO7/c1-12(23)27-18-9-8-14(11-19(18)28-13(2)24)10-16-21(25)29-20(22-16)15-6-4-5-7-17(15)26-3/h4-11H,1-3H3/b16-10+. The van der Waals surface area contributed by atoms with Crippen LogP contribution in [0.15, 0.2) is 53.2 Å². The van der Waals surface area contributed by atoms with Gasteiger partial charge in [-0.25, -0.2) is 9.79 Å². The Balaban J connectivity index is 1.96. The summed E-state index contributed by atoms with van der Waals surface area (Å²) in [4.78, 5) is 39.0. The van der Waals surface area contributed by atoms with Crippen molar-refractivity contribution >= 4 is 29.9 Å². The van der Waals surface area contributed by atoms with Crippen LogP contribution < -0.4 is 14.2 Å². The molecule has 0 saturated heterocycles. The highest BCUT2D eigenvalue weighted by molar-refractivity contribution is 6.13. The molecule has 8 heteroatoms. The highest BCUT2D eigenvalue weighted by atomic mass is 16.6. The molecule has 0 saturated carbocycles. The lowest BCUT2D eigenvalue weighted by atomic mass is 10.1. The first-order chi connectivity index (χ1) is 13.9. The molecule has 1 aliphatic rings. The van der Waals surface area contributed by atoms with E-state index in [-0.39, 0.29) is 23.1 Å². The summed E-state index contributed by atoms with van der Waals surface area (Å²) < 4.78 is 20.6. The van der Waals surface area contributed by atoms with Crippen LogP contribution in [-0.2, 0) is 19.1 Å². The number of cyclic esters (lactones) is 1. The van der Waals surface area contributed by atoms with Gasteiger partial charge in [-0.05, 0) is 35.9 Å². The monoisotopic (exact) mass is 395 g/mol. The zero-order valence-electron chi connectivity index (χ0n) is 15.9. The summed E-state index contributed by atoms with van der Waals surface area (Å²) in [6.07, 6.45) is 1.47. The van der Waals surface area contributed by atoms with Crippen LogP contribution in [0, 0.1) is 0 Å². The fraction of sp³-hybridized carbons (Fsp3) is 0.143. The Morgan fingerprint density at radius 1 is 0.966 bits per heavy atom. The van der Waals surface area contributed by atoms with Crippen LogP contribution in [0.3, 0.4) is 0 Å². The Hall–Kier alpha value is -3.94. The van der Waals surface area contributed by atoms with E-state index in [9.17, 15) is 14.4 Å². The smallest absolute Gasteiger partial charge is 0.363 e. The molecule has 0 bridgehead atoms. The van der Waals surface area contributed by atoms with E-state index in [1.807, 2.05) is 0 Å². The maximum atomic E-state index is 12.2. The maximum absolute atomic E-state index is 12.2. The Kier molecular flexibility index (Phi) is 5.73. The Bertz CT molecular complexity index is 1050. The molecule has 0 atom stereocenters. The number of esters is 3. The van der Waals surface area contributed by atoms with Crippen LogP contribution in [0.5, 0.6) is 17.2 Å². The summed E-state index contributed by atoms with van der Waals surface area (Å²) in [5.41, 5.74) is 1.09. The third-order valence-corrected chi connectivity index (χ3v) is 3.74. The van der Waals surface area contributed by atoms with Gasteiger partial charge in [-0.2, -0.15) is 0 Å². The average Bonchev–Trinajstić information content (AvgIpc) is 3.03. The SMILES string of the molecule is COc1ccccc1C1=N/C(=C/c2ccc(OC(C)=O)c(OC(C)=O)c2)C(=O)O1. The number of ether oxygens (including phenoxy) is 4. The van der Waals surface area contributed by atoms with Gasteiger partial charge in [0.25, 0.3) is 0 Å². The first-order valence-electron chi connectivity index (χ1n) is 8.54. The summed E-state index contributed by atoms with van der Waals surface area (Å²) in [5, 5.41) is 0. The first kappa shape index (κ1) is 19.8. The van der Waals surface area contributed by atoms with Gasteiger partial charge >= 0.3 is 17.9 Å². The third kappa shape index (κ3) is 4.67. The second kappa shape index (κ2) is 8.39. The van der Waals surface area contributed by atoms with Crippen LogP contribution in [0.1, 0.15) is 25.0 Å². The van der Waals surface area contributed by atoms with Gasteiger partial charge in [0.1, 0.15) is 5.75 Å². The number of carbonyl (C=O) groups is 3. The summed E-state index contributed by atoms with van der Waals surface area (Å²) >= 11 is 0. The minimum atomic E-state index is -0.635. The molecule has 2 aromatic rings. The molecular weight excluding hydrogens is 378 g/mol. The molecule has 0 aliphatic carbocycles. The van der Waals surface area contributed by atoms with Crippen molar-refractivity contribution in [2.45, 2.75) is 13.8 Å². The minimum absolute atomic E-state index is 0.0438. The predicted octanol–water partition coefficient (Wildman–Crippen LogP) is 2.89. The highest BCUT2D eigenvalue weighted by Crippen LogP contribution is 2.31. The van der Waals surface area contributed by atoms with Crippen molar-refractivity contribution in [3.8, 4) is 17.2 Å². The van der Waals surface area contributed by atoms with Crippen LogP contribution in [0.4, 0.5) is 0 Å². The molecular formula is C21H17NO7. The average molecular weight is 395 g/mol. The molecule has 0 aromatic heterocycles. The molecule has 0 unspecified atom stereocenters. The topological polar surface area (TPSA) is 100 Å². The minimum Gasteiger partial charge on any atom is -0.496 e. The van der Waals surface area contributed by atoms with Crippen LogP contribution in [0.25, 0.3) is 6.08 Å². The number of hydrogen-bond acceptors (Lipinski definition) is 8. The van der Waals surface area contributed by atoms with Crippen molar-refractivity contribution in [2.24, 2.45) is 4.99 Å². The molecule has 0 spiro atoms. The van der Waals surface area contributed by atoms with Gasteiger partial charge in [-0.15, -0.1) is 0 Å². The third-order valence-electron chi connectivity index (χ3n) is 3.74. The number of hydrogen-bond donors (Lipinski definition) is 0. The van der Waals surface area contributed by atoms with E-state index in [1.165, 1.54) is 39.2 Å². The summed E-state index contributed by atoms with van der Waals surface area (Å²) in [5.74, 6) is -1.01. The van der Waals surface area contributed by atoms with Crippen LogP contribution in [-0.4, -0.2) is 30.9 Å². The molecule has 0 fully saturated rings. The molecule has 148 valence electrons. The quantitative estimate of drug-likeness (QED) is 0.436. The molecule has 1 aliphatic heterocycles. The van der Waals surface area contributed by atoms with Gasteiger partial charge in [-0.1, -0.05) is 18.2 Å². The second-order valence-corrected chi connectivity index (χ2v) is 5.93. The van der Waals surface area contributed by atoms with E-state index in [2.05, 4.69) is 4.99 Å². The lowest BCUT2D eigenvalue weighted by molar-refractivity contribution is -0.134. The van der Waals surface area contributed by atoms with Crippen molar-refractivity contribution in [3.63, 3.8) is 0 Å². The number of nitrogens with zero attached hydrogens (tertiary/aromatic N) is 1. The fourth-order valence-corrected chi connectivity index (χ4v) is 2.59. The first-order valence-corrected chi connectivity index (χ1v) is 8.54. The molecule has 0 radical (unpaired) electrons. The maximum Gasteiger partial charge on any atom is 0.363 e. The number of methoxy groups -OCH3 is 1. The zero-order chi connectivity index (χ0) is 21.0. The summed E-state index contributed by atoms with van der Waals surface area (Å²) in [7, 11) is 1.51. The predicted molar refractivity (Wildman–Crippen MR) is 103 cm³/mol. The van der Waals surface area contributed by atoms with Crippen molar-refractivity contribution < 1.29 is 33.3 Å². The highest BCUT2D eigenvalue weighted by Gasteiger charge is 2.26. The van der Waals surface area contributed by atoms with Crippen LogP contribution >= 0.6 is 0 Å². The molecule has 29 heavy (non-hydrogen) atoms. The van der Waals surface area contributed by atoms with Gasteiger partial charge < -0.3 is 18.9 Å². The van der Waals surface area contributed by atoms with Crippen molar-refractivity contribution in [1.29, 1.82) is 0 Å². The fourth-order valence-electron chi connectivity index (χ4n) is 2.59. The number of rotatable bonds is 5. The van der Waals surface area contributed by atoms with E-state index in [0.717, 1.165) is 0 Å². The van der Waals surface area contributed by atoms with E-state index >= 15 is 0 Å². The number of para-hydroxylation sites is 1. The number of benzene rings is 2. The van der Waals surface area contributed by atoms with E-state index in [1.54, 1.807) is 30.3 Å². The molecule has 8 nitrogen and oxygen atoms in total. The second-order valence-electron chi connectivity index (χ2n) is 5.93. The van der Waals surface area contributed by atoms with Crippen molar-refractivity contribution in [3.05, 3.63) is 59.3 Å². The molecule has 0 N–H and O–H groups in total. The number of carbonyl (C=O) groups excluding carboxylic acids is 3. The molecule has 1 heterocycles. The molecule has 0 amide bonds. The van der Waals surface area contributed by atoms with Gasteiger partial charge in [0.2, 0.25) is 5.90 Å². The van der Waals surface area contributed by atoms with Crippen molar-refractivity contribution in [1.82, 2.24) is 0 Å². The van der Waals surface area contributed by atoms with E-state index < -0.39 is 17.9 Å². The number of aliphatic imine (C=N–C) groups is 1. The van der Waals surface area contributed by atoms with Gasteiger partial charge in [0.15, 0.2) is 17.2 Å². The Morgan fingerprint density at radius 2 is 1.66 bits per heavy atom. The van der Waals surface area contributed by atoms with Gasteiger partial charge in [-0.3, -0.25) is 9.59 Å². The largest absolute Gasteiger partial charge is 0.496 e. The van der Waals surface area contributed by atoms with Gasteiger partial charge in [0, 0.05) is 13.8 Å². The summed E-state index contributed by atoms with van der Waals surface area (Å²) in [6.45, 7) is 2.46. The normalized spacial score (nSPS) is 14.2. The van der Waals surface area contributed by atoms with E-state index in [0.29, 0.717) is 16.9 Å². The van der Waals surface area contributed by atoms with Gasteiger partial charge in [0.05, 0.1) is 12.7 Å². The van der Waals surface area contributed by atoms with E-state index in [4.69, 9.17) is 18.9 Å². The molecule has 2 aromatic carbocycles. The molecule has 3 rings (SSSR count). The van der Waals surface area contributed by atoms with Crippen LogP contribution in [0.2, 0.25) is 0 Å².